The quantitative estimate of drug-likeness (QED) is 0.724. The molecule has 2 aromatic carbocycles. The number of benzene rings is 2. The molecule has 1 unspecified atom stereocenters. The van der Waals surface area contributed by atoms with E-state index in [0.717, 1.165) is 42.0 Å². The zero-order chi connectivity index (χ0) is 21.7. The van der Waals surface area contributed by atoms with Gasteiger partial charge in [-0.2, -0.15) is 0 Å². The van der Waals surface area contributed by atoms with Crippen LogP contribution in [0.1, 0.15) is 42.5 Å². The topological polar surface area (TPSA) is 52.7 Å². The summed E-state index contributed by atoms with van der Waals surface area (Å²) >= 11 is 0. The van der Waals surface area contributed by atoms with Crippen LogP contribution in [0.25, 0.3) is 0 Å². The summed E-state index contributed by atoms with van der Waals surface area (Å²) < 4.78 is 0. The third-order valence-electron chi connectivity index (χ3n) is 6.22. The van der Waals surface area contributed by atoms with Gasteiger partial charge in [0.2, 0.25) is 11.8 Å². The van der Waals surface area contributed by atoms with Gasteiger partial charge in [-0.25, -0.2) is 0 Å². The highest BCUT2D eigenvalue weighted by Crippen LogP contribution is 2.29. The molecule has 0 aliphatic carbocycles. The van der Waals surface area contributed by atoms with Crippen molar-refractivity contribution in [2.24, 2.45) is 5.92 Å². The smallest absolute Gasteiger partial charge is 0.227 e. The van der Waals surface area contributed by atoms with Crippen molar-refractivity contribution in [3.63, 3.8) is 0 Å². The summed E-state index contributed by atoms with van der Waals surface area (Å²) in [4.78, 5) is 29.6. The van der Waals surface area contributed by atoms with Crippen molar-refractivity contribution >= 4 is 17.5 Å². The van der Waals surface area contributed by atoms with Crippen molar-refractivity contribution in [3.05, 3.63) is 64.7 Å². The molecular formula is C25H33N3O2. The molecule has 1 saturated heterocycles. The molecule has 0 radical (unpaired) electrons. The van der Waals surface area contributed by atoms with E-state index in [1.54, 1.807) is 4.90 Å². The van der Waals surface area contributed by atoms with Crippen LogP contribution in [0.15, 0.2) is 42.5 Å². The highest BCUT2D eigenvalue weighted by molar-refractivity contribution is 6.00. The van der Waals surface area contributed by atoms with Crippen LogP contribution in [0, 0.1) is 19.8 Å². The average molecular weight is 408 g/mol. The van der Waals surface area contributed by atoms with Crippen LogP contribution < -0.4 is 10.2 Å². The molecule has 0 aromatic heterocycles. The third-order valence-corrected chi connectivity index (χ3v) is 6.22. The number of anilines is 1. The van der Waals surface area contributed by atoms with Gasteiger partial charge in [0.1, 0.15) is 0 Å². The number of rotatable bonds is 8. The Balaban J connectivity index is 1.64. The second-order valence-electron chi connectivity index (χ2n) is 8.07. The third kappa shape index (κ3) is 4.90. The Bertz CT molecular complexity index is 905. The van der Waals surface area contributed by atoms with Crippen LogP contribution in [-0.2, 0) is 22.7 Å². The van der Waals surface area contributed by atoms with E-state index in [9.17, 15) is 9.59 Å². The van der Waals surface area contributed by atoms with E-state index >= 15 is 0 Å². The zero-order valence-corrected chi connectivity index (χ0v) is 18.6. The minimum Gasteiger partial charge on any atom is -0.352 e. The summed E-state index contributed by atoms with van der Waals surface area (Å²) in [5.74, 6) is -0.341. The largest absolute Gasteiger partial charge is 0.352 e. The van der Waals surface area contributed by atoms with Crippen molar-refractivity contribution in [2.75, 3.05) is 24.5 Å². The van der Waals surface area contributed by atoms with Gasteiger partial charge >= 0.3 is 0 Å². The summed E-state index contributed by atoms with van der Waals surface area (Å²) in [6.07, 6.45) is 0.264. The van der Waals surface area contributed by atoms with Crippen molar-refractivity contribution < 1.29 is 9.59 Å². The van der Waals surface area contributed by atoms with Crippen LogP contribution in [-0.4, -0.2) is 36.3 Å². The molecule has 1 fully saturated rings. The summed E-state index contributed by atoms with van der Waals surface area (Å²) in [5.41, 5.74) is 5.53. The molecule has 0 bridgehead atoms. The predicted molar refractivity (Wildman–Crippen MR) is 121 cm³/mol. The van der Waals surface area contributed by atoms with Gasteiger partial charge in [-0.3, -0.25) is 14.5 Å². The number of nitrogens with zero attached hydrogens (tertiary/aromatic N) is 2. The molecule has 1 N–H and O–H groups in total. The number of hydrogen-bond acceptors (Lipinski definition) is 3. The first-order valence-corrected chi connectivity index (χ1v) is 10.9. The van der Waals surface area contributed by atoms with Gasteiger partial charge in [0.15, 0.2) is 0 Å². The second kappa shape index (κ2) is 9.90. The Morgan fingerprint density at radius 1 is 1.07 bits per heavy atom. The van der Waals surface area contributed by atoms with E-state index < -0.39 is 0 Å². The monoisotopic (exact) mass is 407 g/mol. The fourth-order valence-electron chi connectivity index (χ4n) is 4.04. The van der Waals surface area contributed by atoms with Gasteiger partial charge in [0.05, 0.1) is 5.92 Å². The van der Waals surface area contributed by atoms with Crippen molar-refractivity contribution in [1.82, 2.24) is 10.2 Å². The lowest BCUT2D eigenvalue weighted by atomic mass is 10.1. The van der Waals surface area contributed by atoms with E-state index in [-0.39, 0.29) is 24.2 Å². The maximum Gasteiger partial charge on any atom is 0.227 e. The van der Waals surface area contributed by atoms with Crippen molar-refractivity contribution in [3.8, 4) is 0 Å². The summed E-state index contributed by atoms with van der Waals surface area (Å²) in [7, 11) is 0. The molecule has 5 heteroatoms. The Hall–Kier alpha value is -2.66. The molecule has 1 heterocycles. The van der Waals surface area contributed by atoms with Crippen LogP contribution in [0.2, 0.25) is 0 Å². The van der Waals surface area contributed by atoms with E-state index in [4.69, 9.17) is 0 Å². The summed E-state index contributed by atoms with van der Waals surface area (Å²) in [6.45, 7) is 12.2. The van der Waals surface area contributed by atoms with Gasteiger partial charge in [0.25, 0.3) is 0 Å². The normalized spacial score (nSPS) is 16.4. The first kappa shape index (κ1) is 22.0. The first-order chi connectivity index (χ1) is 14.4. The van der Waals surface area contributed by atoms with Gasteiger partial charge in [-0.1, -0.05) is 50.2 Å². The maximum absolute atomic E-state index is 12.8. The number of carbonyl (C=O) groups excluding carboxylic acids is 2. The number of aryl methyl sites for hydroxylation is 1. The number of hydrogen-bond donors (Lipinski definition) is 1. The highest BCUT2D eigenvalue weighted by atomic mass is 16.2. The van der Waals surface area contributed by atoms with Gasteiger partial charge in [-0.05, 0) is 55.3 Å². The molecule has 2 aromatic rings. The number of nitrogens with one attached hydrogen (secondary N) is 1. The predicted octanol–water partition coefficient (Wildman–Crippen LogP) is 3.81. The lowest BCUT2D eigenvalue weighted by Gasteiger charge is -2.21. The average Bonchev–Trinajstić information content (AvgIpc) is 3.14. The van der Waals surface area contributed by atoms with Crippen LogP contribution in [0.3, 0.4) is 0 Å². The van der Waals surface area contributed by atoms with E-state index in [0.29, 0.717) is 13.1 Å². The molecule has 1 aliphatic rings. The van der Waals surface area contributed by atoms with Gasteiger partial charge < -0.3 is 10.2 Å². The Kier molecular flexibility index (Phi) is 7.27. The standard InChI is InChI=1S/C25H33N3O2/c1-5-27(6-2)16-21-12-8-7-11-20(21)15-26-25(30)22-14-24(29)28(17-22)23-13-9-10-18(3)19(23)4/h7-13,22H,5-6,14-17H2,1-4H3,(H,26,30). The highest BCUT2D eigenvalue weighted by Gasteiger charge is 2.35. The SMILES string of the molecule is CCN(CC)Cc1ccccc1CNC(=O)C1CC(=O)N(c2cccc(C)c2C)C1. The van der Waals surface area contributed by atoms with E-state index in [1.807, 2.05) is 44.2 Å². The number of amides is 2. The summed E-state index contributed by atoms with van der Waals surface area (Å²) in [5, 5.41) is 3.07. The molecule has 1 atom stereocenters. The number of carbonyl (C=O) groups is 2. The zero-order valence-electron chi connectivity index (χ0n) is 18.6. The first-order valence-electron chi connectivity index (χ1n) is 10.9. The molecule has 160 valence electrons. The molecule has 0 spiro atoms. The minimum absolute atomic E-state index is 0.0192. The molecule has 3 rings (SSSR count). The van der Waals surface area contributed by atoms with E-state index in [1.165, 1.54) is 5.56 Å². The maximum atomic E-state index is 12.8. The molecule has 5 nitrogen and oxygen atoms in total. The van der Waals surface area contributed by atoms with Crippen molar-refractivity contribution in [2.45, 2.75) is 47.2 Å². The Morgan fingerprint density at radius 2 is 1.77 bits per heavy atom. The lowest BCUT2D eigenvalue weighted by molar-refractivity contribution is -0.126. The lowest BCUT2D eigenvalue weighted by Crippen LogP contribution is -2.33. The molecular weight excluding hydrogens is 374 g/mol. The van der Waals surface area contributed by atoms with Crippen molar-refractivity contribution in [1.29, 1.82) is 0 Å². The second-order valence-corrected chi connectivity index (χ2v) is 8.07. The molecule has 30 heavy (non-hydrogen) atoms. The fraction of sp³-hybridized carbons (Fsp3) is 0.440. The van der Waals surface area contributed by atoms with Crippen LogP contribution in [0.5, 0.6) is 0 Å². The Morgan fingerprint density at radius 3 is 2.47 bits per heavy atom. The minimum atomic E-state index is -0.313. The Labute approximate surface area is 180 Å². The molecule has 2 amide bonds. The molecule has 1 aliphatic heterocycles. The van der Waals surface area contributed by atoms with Gasteiger partial charge in [-0.15, -0.1) is 0 Å². The molecule has 0 saturated carbocycles. The summed E-state index contributed by atoms with van der Waals surface area (Å²) in [6, 6.07) is 14.2. The van der Waals surface area contributed by atoms with E-state index in [2.05, 4.69) is 36.2 Å². The van der Waals surface area contributed by atoms with Crippen LogP contribution >= 0.6 is 0 Å². The van der Waals surface area contributed by atoms with Gasteiger partial charge in [0, 0.05) is 31.7 Å². The fourth-order valence-corrected chi connectivity index (χ4v) is 4.04. The van der Waals surface area contributed by atoms with Crippen LogP contribution in [0.4, 0.5) is 5.69 Å².